The first-order valence-corrected chi connectivity index (χ1v) is 8.17. The topological polar surface area (TPSA) is 99.8 Å². The van der Waals surface area contributed by atoms with Crippen molar-refractivity contribution in [1.82, 2.24) is 25.2 Å². The van der Waals surface area contributed by atoms with E-state index in [-0.39, 0.29) is 11.4 Å². The van der Waals surface area contributed by atoms with Gasteiger partial charge in [0, 0.05) is 12.7 Å². The third-order valence-corrected chi connectivity index (χ3v) is 4.55. The van der Waals surface area contributed by atoms with E-state index in [1.807, 2.05) is 13.0 Å². The molecule has 2 aromatic heterocycles. The van der Waals surface area contributed by atoms with Crippen molar-refractivity contribution in [1.29, 1.82) is 0 Å². The largest absolute Gasteiger partial charge is 0.311 e. The maximum atomic E-state index is 12.4. The summed E-state index contributed by atoms with van der Waals surface area (Å²) < 4.78 is 27.4. The maximum Gasteiger partial charge on any atom is 0.244 e. The van der Waals surface area contributed by atoms with E-state index in [9.17, 15) is 8.42 Å². The summed E-state index contributed by atoms with van der Waals surface area (Å²) in [6, 6.07) is 5.37. The quantitative estimate of drug-likeness (QED) is 0.699. The van der Waals surface area contributed by atoms with Gasteiger partial charge in [0.15, 0.2) is 0 Å². The van der Waals surface area contributed by atoms with Crippen LogP contribution in [0, 0.1) is 6.92 Å². The van der Waals surface area contributed by atoms with E-state index in [1.54, 1.807) is 25.3 Å². The van der Waals surface area contributed by atoms with Crippen molar-refractivity contribution in [2.75, 3.05) is 6.54 Å². The number of hydrogen-bond donors (Lipinski definition) is 3. The molecule has 2 rings (SSSR count). The lowest BCUT2D eigenvalue weighted by atomic mass is 10.3. The molecule has 0 aromatic carbocycles. The molecule has 0 atom stereocenters. The zero-order chi connectivity index (χ0) is 15.3. The van der Waals surface area contributed by atoms with Crippen LogP contribution in [0.15, 0.2) is 29.3 Å². The summed E-state index contributed by atoms with van der Waals surface area (Å²) in [7, 11) is -3.63. The number of H-pyrrole nitrogens is 1. The van der Waals surface area contributed by atoms with E-state index in [2.05, 4.69) is 25.2 Å². The zero-order valence-corrected chi connectivity index (χ0v) is 12.9. The first-order valence-electron chi connectivity index (χ1n) is 6.68. The molecule has 2 aromatic rings. The van der Waals surface area contributed by atoms with Crippen molar-refractivity contribution < 1.29 is 8.42 Å². The summed E-state index contributed by atoms with van der Waals surface area (Å²) in [5.41, 5.74) is 1.68. The van der Waals surface area contributed by atoms with Crippen molar-refractivity contribution >= 4 is 10.0 Å². The third-order valence-electron chi connectivity index (χ3n) is 2.94. The standard InChI is InChI=1S/C13H19N5O2S/c1-3-14-9-12-13(10(2)17-18-12)21(19,20)16-8-11-6-4-5-7-15-11/h4-7,14,16H,3,8-9H2,1-2H3,(H,17,18). The molecule has 0 saturated carbocycles. The van der Waals surface area contributed by atoms with Gasteiger partial charge >= 0.3 is 0 Å². The number of aryl methyl sites for hydroxylation is 1. The Morgan fingerprint density at radius 2 is 2.10 bits per heavy atom. The van der Waals surface area contributed by atoms with E-state index >= 15 is 0 Å². The van der Waals surface area contributed by atoms with Gasteiger partial charge in [0.25, 0.3) is 0 Å². The fourth-order valence-electron chi connectivity index (χ4n) is 1.93. The summed E-state index contributed by atoms with van der Waals surface area (Å²) >= 11 is 0. The molecular formula is C13H19N5O2S. The molecule has 3 N–H and O–H groups in total. The first-order chi connectivity index (χ1) is 10.0. The van der Waals surface area contributed by atoms with Crippen LogP contribution in [0.1, 0.15) is 24.0 Å². The van der Waals surface area contributed by atoms with Gasteiger partial charge in [-0.3, -0.25) is 10.1 Å². The number of nitrogens with one attached hydrogen (secondary N) is 3. The Morgan fingerprint density at radius 3 is 2.76 bits per heavy atom. The molecule has 0 amide bonds. The minimum atomic E-state index is -3.63. The normalized spacial score (nSPS) is 11.7. The Labute approximate surface area is 124 Å². The summed E-state index contributed by atoms with van der Waals surface area (Å²) in [4.78, 5) is 4.30. The van der Waals surface area contributed by atoms with Crippen LogP contribution >= 0.6 is 0 Å². The van der Waals surface area contributed by atoms with Gasteiger partial charge in [-0.05, 0) is 25.6 Å². The van der Waals surface area contributed by atoms with Crippen LogP contribution in [0.4, 0.5) is 0 Å². The summed E-state index contributed by atoms with van der Waals surface area (Å²) in [5.74, 6) is 0. The van der Waals surface area contributed by atoms with Crippen molar-refractivity contribution in [2.45, 2.75) is 31.8 Å². The molecular weight excluding hydrogens is 290 g/mol. The second kappa shape index (κ2) is 6.79. The van der Waals surface area contributed by atoms with E-state index < -0.39 is 10.0 Å². The molecule has 0 radical (unpaired) electrons. The molecule has 0 spiro atoms. The number of rotatable bonds is 7. The molecule has 0 bridgehead atoms. The highest BCUT2D eigenvalue weighted by Gasteiger charge is 2.23. The van der Waals surface area contributed by atoms with E-state index in [1.165, 1.54) is 0 Å². The minimum absolute atomic E-state index is 0.147. The van der Waals surface area contributed by atoms with Crippen molar-refractivity contribution in [3.63, 3.8) is 0 Å². The fourth-order valence-corrected chi connectivity index (χ4v) is 3.29. The van der Waals surface area contributed by atoms with Crippen molar-refractivity contribution in [3.05, 3.63) is 41.5 Å². The lowest BCUT2D eigenvalue weighted by molar-refractivity contribution is 0.577. The van der Waals surface area contributed by atoms with Gasteiger partial charge in [0.1, 0.15) is 4.90 Å². The third kappa shape index (κ3) is 3.87. The fraction of sp³-hybridized carbons (Fsp3) is 0.385. The van der Waals surface area contributed by atoms with Crippen molar-refractivity contribution in [3.8, 4) is 0 Å². The average Bonchev–Trinajstić information content (AvgIpc) is 2.86. The molecule has 7 nitrogen and oxygen atoms in total. The predicted octanol–water partition coefficient (Wildman–Crippen LogP) is 0.701. The average molecular weight is 309 g/mol. The molecule has 0 aliphatic rings. The van der Waals surface area contributed by atoms with Gasteiger partial charge in [-0.1, -0.05) is 13.0 Å². The Balaban J connectivity index is 2.17. The Kier molecular flexibility index (Phi) is 5.05. The van der Waals surface area contributed by atoms with Gasteiger partial charge in [-0.2, -0.15) is 5.10 Å². The molecule has 21 heavy (non-hydrogen) atoms. The van der Waals surface area contributed by atoms with Gasteiger partial charge in [0.05, 0.1) is 23.6 Å². The molecule has 0 aliphatic heterocycles. The van der Waals surface area contributed by atoms with E-state index in [4.69, 9.17) is 0 Å². The van der Waals surface area contributed by atoms with Crippen LogP contribution < -0.4 is 10.0 Å². The highest BCUT2D eigenvalue weighted by Crippen LogP contribution is 2.17. The van der Waals surface area contributed by atoms with Gasteiger partial charge in [-0.15, -0.1) is 0 Å². The number of aromatic amines is 1. The first kappa shape index (κ1) is 15.6. The molecule has 0 saturated heterocycles. The summed E-state index contributed by atoms with van der Waals surface area (Å²) in [5, 5.41) is 9.85. The second-order valence-electron chi connectivity index (χ2n) is 4.55. The second-order valence-corrected chi connectivity index (χ2v) is 6.25. The molecule has 0 fully saturated rings. The SMILES string of the molecule is CCNCc1n[nH]c(C)c1S(=O)(=O)NCc1ccccn1. The van der Waals surface area contributed by atoms with E-state index in [0.717, 1.165) is 6.54 Å². The number of nitrogens with zero attached hydrogens (tertiary/aromatic N) is 2. The number of aromatic nitrogens is 3. The lowest BCUT2D eigenvalue weighted by Crippen LogP contribution is -2.26. The summed E-state index contributed by atoms with van der Waals surface area (Å²) in [6.07, 6.45) is 1.63. The molecule has 2 heterocycles. The van der Waals surface area contributed by atoms with Crippen LogP contribution in [-0.2, 0) is 23.1 Å². The van der Waals surface area contributed by atoms with Crippen LogP contribution in [0.5, 0.6) is 0 Å². The molecule has 8 heteroatoms. The summed E-state index contributed by atoms with van der Waals surface area (Å²) in [6.45, 7) is 4.94. The number of pyridine rings is 1. The highest BCUT2D eigenvalue weighted by atomic mass is 32.2. The minimum Gasteiger partial charge on any atom is -0.311 e. The predicted molar refractivity (Wildman–Crippen MR) is 79.0 cm³/mol. The van der Waals surface area contributed by atoms with Gasteiger partial charge < -0.3 is 5.32 Å². The number of hydrogen-bond acceptors (Lipinski definition) is 5. The number of sulfonamides is 1. The molecule has 114 valence electrons. The Hall–Kier alpha value is -1.77. The lowest BCUT2D eigenvalue weighted by Gasteiger charge is -2.08. The maximum absolute atomic E-state index is 12.4. The van der Waals surface area contributed by atoms with Gasteiger partial charge in [-0.25, -0.2) is 13.1 Å². The Bertz CT molecular complexity index is 682. The van der Waals surface area contributed by atoms with Gasteiger partial charge in [0.2, 0.25) is 10.0 Å². The Morgan fingerprint density at radius 1 is 1.29 bits per heavy atom. The van der Waals surface area contributed by atoms with Crippen LogP contribution in [-0.4, -0.2) is 30.1 Å². The monoisotopic (exact) mass is 309 g/mol. The van der Waals surface area contributed by atoms with Crippen LogP contribution in [0.2, 0.25) is 0 Å². The molecule has 0 unspecified atom stereocenters. The van der Waals surface area contributed by atoms with Crippen LogP contribution in [0.3, 0.4) is 0 Å². The zero-order valence-electron chi connectivity index (χ0n) is 12.0. The highest BCUT2D eigenvalue weighted by molar-refractivity contribution is 7.89. The van der Waals surface area contributed by atoms with Crippen molar-refractivity contribution in [2.24, 2.45) is 0 Å². The van der Waals surface area contributed by atoms with Crippen LogP contribution in [0.25, 0.3) is 0 Å². The molecule has 0 aliphatic carbocycles. The van der Waals surface area contributed by atoms with E-state index in [0.29, 0.717) is 23.6 Å². The smallest absolute Gasteiger partial charge is 0.244 e.